The zero-order valence-corrected chi connectivity index (χ0v) is 24.8. The highest BCUT2D eigenvalue weighted by atomic mass is 79.9. The van der Waals surface area contributed by atoms with Crippen molar-refractivity contribution in [2.45, 2.75) is 72.6 Å². The monoisotopic (exact) mass is 624 g/mol. The van der Waals surface area contributed by atoms with Crippen molar-refractivity contribution in [3.05, 3.63) is 100 Å². The SMILES string of the molecule is COC(=O)[C@H](C[C@H]1CCC2(C1)O[C@H](c1ccccc1)[C@@H](c1ccccc1)O2)c1ccc(S(=O)(=O)C2CC2)c(Br)c1. The van der Waals surface area contributed by atoms with Crippen LogP contribution >= 0.6 is 15.9 Å². The Hall–Kier alpha value is -2.52. The van der Waals surface area contributed by atoms with Crippen LogP contribution in [0.5, 0.6) is 0 Å². The minimum absolute atomic E-state index is 0.170. The molecule has 0 radical (unpaired) electrons. The number of ether oxygens (including phenoxy) is 3. The van der Waals surface area contributed by atoms with Gasteiger partial charge in [-0.15, -0.1) is 0 Å². The van der Waals surface area contributed by atoms with E-state index in [1.165, 1.54) is 7.11 Å². The molecule has 0 unspecified atom stereocenters. The quantitative estimate of drug-likeness (QED) is 0.250. The molecule has 1 saturated heterocycles. The van der Waals surface area contributed by atoms with Crippen molar-refractivity contribution in [2.24, 2.45) is 5.92 Å². The number of esters is 1. The fourth-order valence-corrected chi connectivity index (χ4v) is 9.01. The molecule has 3 aliphatic rings. The summed E-state index contributed by atoms with van der Waals surface area (Å²) in [5.74, 6) is -1.41. The van der Waals surface area contributed by atoms with E-state index in [4.69, 9.17) is 14.2 Å². The Bertz CT molecular complexity index is 1420. The number of hydrogen-bond donors (Lipinski definition) is 0. The van der Waals surface area contributed by atoms with Crippen LogP contribution in [-0.2, 0) is 28.8 Å². The van der Waals surface area contributed by atoms with Gasteiger partial charge in [0.25, 0.3) is 0 Å². The van der Waals surface area contributed by atoms with Gasteiger partial charge < -0.3 is 14.2 Å². The molecule has 1 aliphatic heterocycles. The average Bonchev–Trinajstić information content (AvgIpc) is 3.68. The summed E-state index contributed by atoms with van der Waals surface area (Å²) in [5.41, 5.74) is 2.90. The summed E-state index contributed by atoms with van der Waals surface area (Å²) in [7, 11) is -1.96. The van der Waals surface area contributed by atoms with Crippen LogP contribution < -0.4 is 0 Å². The number of carbonyl (C=O) groups excluding carboxylic acids is 1. The zero-order valence-electron chi connectivity index (χ0n) is 22.4. The van der Waals surface area contributed by atoms with Crippen LogP contribution in [0.1, 0.15) is 73.3 Å². The molecule has 3 aromatic carbocycles. The normalized spacial score (nSPS) is 24.7. The molecule has 2 saturated carbocycles. The van der Waals surface area contributed by atoms with Crippen LogP contribution in [0.2, 0.25) is 0 Å². The molecule has 0 aromatic heterocycles. The Kier molecular flexibility index (Phi) is 7.63. The highest BCUT2D eigenvalue weighted by Crippen LogP contribution is 2.55. The maximum absolute atomic E-state index is 13.0. The van der Waals surface area contributed by atoms with Gasteiger partial charge >= 0.3 is 5.97 Å². The van der Waals surface area contributed by atoms with Gasteiger partial charge in [0.1, 0.15) is 12.2 Å². The highest BCUT2D eigenvalue weighted by molar-refractivity contribution is 9.10. The van der Waals surface area contributed by atoms with Gasteiger partial charge in [0.05, 0.1) is 23.2 Å². The second kappa shape index (κ2) is 11.0. The molecule has 210 valence electrons. The Labute approximate surface area is 244 Å². The van der Waals surface area contributed by atoms with Crippen molar-refractivity contribution in [3.8, 4) is 0 Å². The summed E-state index contributed by atoms with van der Waals surface area (Å²) in [6.07, 6.45) is 3.77. The van der Waals surface area contributed by atoms with Gasteiger partial charge in [0.15, 0.2) is 15.6 Å². The lowest BCUT2D eigenvalue weighted by Gasteiger charge is -2.24. The molecule has 3 aromatic rings. The van der Waals surface area contributed by atoms with Gasteiger partial charge in [0, 0.05) is 17.3 Å². The maximum atomic E-state index is 13.0. The topological polar surface area (TPSA) is 78.9 Å². The summed E-state index contributed by atoms with van der Waals surface area (Å²) in [6, 6.07) is 25.5. The standard InChI is InChI=1S/C32H33BrO6S/c1-37-31(34)26(24-12-15-28(27(33)19-24)40(35,36)25-13-14-25)18-21-16-17-32(20-21)38-29(22-8-4-2-5-9-22)30(39-32)23-10-6-3-7-11-23/h2-12,15,19,21,25-26,29-30H,13-14,16-18,20H2,1H3/t21-,26-,29-,30-/m1/s1. The molecule has 0 amide bonds. The number of hydrogen-bond acceptors (Lipinski definition) is 6. The first-order chi connectivity index (χ1) is 19.3. The Morgan fingerprint density at radius 2 is 1.55 bits per heavy atom. The van der Waals surface area contributed by atoms with Crippen LogP contribution in [0.25, 0.3) is 0 Å². The van der Waals surface area contributed by atoms with E-state index in [0.717, 1.165) is 29.5 Å². The lowest BCUT2D eigenvalue weighted by Crippen LogP contribution is -2.27. The molecule has 40 heavy (non-hydrogen) atoms. The lowest BCUT2D eigenvalue weighted by molar-refractivity contribution is -0.173. The van der Waals surface area contributed by atoms with E-state index in [-0.39, 0.29) is 34.2 Å². The fourth-order valence-electron chi connectivity index (χ4n) is 6.23. The van der Waals surface area contributed by atoms with Crippen molar-refractivity contribution in [1.29, 1.82) is 0 Å². The molecule has 8 heteroatoms. The summed E-state index contributed by atoms with van der Waals surface area (Å²) in [4.78, 5) is 13.3. The zero-order chi connectivity index (χ0) is 27.9. The molecule has 1 spiro atoms. The van der Waals surface area contributed by atoms with Gasteiger partial charge in [-0.25, -0.2) is 8.42 Å². The molecule has 1 heterocycles. The number of benzene rings is 3. The van der Waals surface area contributed by atoms with E-state index in [1.807, 2.05) is 36.4 Å². The summed E-state index contributed by atoms with van der Waals surface area (Å²) >= 11 is 3.47. The first-order valence-electron chi connectivity index (χ1n) is 13.9. The highest BCUT2D eigenvalue weighted by Gasteiger charge is 2.53. The molecule has 0 N–H and O–H groups in total. The van der Waals surface area contributed by atoms with Crippen LogP contribution in [0.3, 0.4) is 0 Å². The molecule has 4 atom stereocenters. The van der Waals surface area contributed by atoms with Crippen molar-refractivity contribution in [3.63, 3.8) is 0 Å². The third-order valence-corrected chi connectivity index (χ3v) is 11.7. The first-order valence-corrected chi connectivity index (χ1v) is 16.2. The smallest absolute Gasteiger partial charge is 0.313 e. The second-order valence-corrected chi connectivity index (χ2v) is 14.2. The molecule has 3 fully saturated rings. The predicted octanol–water partition coefficient (Wildman–Crippen LogP) is 7.06. The van der Waals surface area contributed by atoms with Crippen LogP contribution in [0, 0.1) is 5.92 Å². The minimum Gasteiger partial charge on any atom is -0.469 e. The van der Waals surface area contributed by atoms with E-state index in [0.29, 0.717) is 30.2 Å². The molecule has 2 aliphatic carbocycles. The van der Waals surface area contributed by atoms with Gasteiger partial charge in [-0.2, -0.15) is 0 Å². The summed E-state index contributed by atoms with van der Waals surface area (Å²) in [6.45, 7) is 0. The first kappa shape index (κ1) is 27.6. The van der Waals surface area contributed by atoms with E-state index in [2.05, 4.69) is 40.2 Å². The largest absolute Gasteiger partial charge is 0.469 e. The number of carbonyl (C=O) groups is 1. The maximum Gasteiger partial charge on any atom is 0.313 e. The summed E-state index contributed by atoms with van der Waals surface area (Å²) in [5, 5.41) is -0.299. The molecule has 6 nitrogen and oxygen atoms in total. The van der Waals surface area contributed by atoms with Crippen LogP contribution in [0.4, 0.5) is 0 Å². The van der Waals surface area contributed by atoms with E-state index in [1.54, 1.807) is 18.2 Å². The number of sulfone groups is 1. The number of halogens is 1. The van der Waals surface area contributed by atoms with Crippen molar-refractivity contribution in [1.82, 2.24) is 0 Å². The van der Waals surface area contributed by atoms with Crippen LogP contribution in [0.15, 0.2) is 88.2 Å². The Morgan fingerprint density at radius 1 is 0.950 bits per heavy atom. The van der Waals surface area contributed by atoms with Crippen molar-refractivity contribution in [2.75, 3.05) is 7.11 Å². The van der Waals surface area contributed by atoms with Crippen molar-refractivity contribution >= 4 is 31.7 Å². The molecular weight excluding hydrogens is 592 g/mol. The number of methoxy groups -OCH3 is 1. The van der Waals surface area contributed by atoms with Gasteiger partial charge in [0.2, 0.25) is 0 Å². The molecule has 0 bridgehead atoms. The predicted molar refractivity (Wildman–Crippen MR) is 154 cm³/mol. The second-order valence-electron chi connectivity index (χ2n) is 11.2. The van der Waals surface area contributed by atoms with Gasteiger partial charge in [-0.05, 0) is 76.4 Å². The molecular formula is C32H33BrO6S. The third-order valence-electron chi connectivity index (χ3n) is 8.43. The van der Waals surface area contributed by atoms with Crippen molar-refractivity contribution < 1.29 is 27.4 Å². The Balaban J connectivity index is 1.22. The Morgan fingerprint density at radius 3 is 2.08 bits per heavy atom. The van der Waals surface area contributed by atoms with Gasteiger partial charge in [-0.3, -0.25) is 4.79 Å². The fraction of sp³-hybridized carbons (Fsp3) is 0.406. The van der Waals surface area contributed by atoms with Gasteiger partial charge in [-0.1, -0.05) is 66.7 Å². The summed E-state index contributed by atoms with van der Waals surface area (Å²) < 4.78 is 44.8. The number of rotatable bonds is 8. The van der Waals surface area contributed by atoms with E-state index in [9.17, 15) is 13.2 Å². The van der Waals surface area contributed by atoms with E-state index >= 15 is 0 Å². The lowest BCUT2D eigenvalue weighted by atomic mass is 9.88. The average molecular weight is 626 g/mol. The molecule has 6 rings (SSSR count). The third kappa shape index (κ3) is 5.39. The van der Waals surface area contributed by atoms with Crippen LogP contribution in [-0.4, -0.2) is 32.5 Å². The minimum atomic E-state index is -3.35. The van der Waals surface area contributed by atoms with E-state index < -0.39 is 21.5 Å².